The fourth-order valence-electron chi connectivity index (χ4n) is 4.88. The summed E-state index contributed by atoms with van der Waals surface area (Å²) in [5.41, 5.74) is 7.32. The van der Waals surface area contributed by atoms with Crippen LogP contribution in [0.3, 0.4) is 0 Å². The third kappa shape index (κ3) is 4.67. The van der Waals surface area contributed by atoms with Crippen LogP contribution in [-0.2, 0) is 12.8 Å². The molecule has 0 fully saturated rings. The average Bonchev–Trinajstić information content (AvgIpc) is 3.22. The zero-order chi connectivity index (χ0) is 25.4. The first kappa shape index (κ1) is 24.3. The Balaban J connectivity index is 1.55. The van der Waals surface area contributed by atoms with Crippen LogP contribution in [0.4, 0.5) is 11.6 Å². The summed E-state index contributed by atoms with van der Waals surface area (Å²) in [6, 6.07) is 17.8. The SMILES string of the molecule is CN(C)c1ccc(C=NNc2nc3sc4c(c3c(=O)n2-c2ccccc2)CC[C@H](C(C)(C)C)C4)cc1. The smallest absolute Gasteiger partial charge is 0.268 e. The molecule has 1 aliphatic carbocycles. The molecule has 0 radical (unpaired) electrons. The van der Waals surface area contributed by atoms with E-state index in [0.29, 0.717) is 11.9 Å². The van der Waals surface area contributed by atoms with Crippen LogP contribution in [0.1, 0.15) is 43.2 Å². The molecule has 1 atom stereocenters. The Morgan fingerprint density at radius 3 is 2.50 bits per heavy atom. The number of thiophene rings is 1. The number of aromatic nitrogens is 2. The van der Waals surface area contributed by atoms with Gasteiger partial charge in [-0.25, -0.2) is 15.0 Å². The first-order chi connectivity index (χ1) is 17.2. The van der Waals surface area contributed by atoms with Crippen molar-refractivity contribution in [2.24, 2.45) is 16.4 Å². The quantitative estimate of drug-likeness (QED) is 0.266. The van der Waals surface area contributed by atoms with Crippen molar-refractivity contribution in [3.05, 3.63) is 81.0 Å². The van der Waals surface area contributed by atoms with Crippen molar-refractivity contribution >= 4 is 39.4 Å². The van der Waals surface area contributed by atoms with Crippen LogP contribution in [0.5, 0.6) is 0 Å². The van der Waals surface area contributed by atoms with Crippen molar-refractivity contribution in [3.8, 4) is 5.69 Å². The van der Waals surface area contributed by atoms with Gasteiger partial charge in [0.15, 0.2) is 0 Å². The Bertz CT molecular complexity index is 1460. The second kappa shape index (κ2) is 9.54. The minimum Gasteiger partial charge on any atom is -0.378 e. The normalized spacial score (nSPS) is 15.9. The molecule has 0 spiro atoms. The fraction of sp³-hybridized carbons (Fsp3) is 0.345. The van der Waals surface area contributed by atoms with Crippen LogP contribution in [0.25, 0.3) is 15.9 Å². The topological polar surface area (TPSA) is 62.5 Å². The van der Waals surface area contributed by atoms with E-state index in [4.69, 9.17) is 4.98 Å². The highest BCUT2D eigenvalue weighted by Crippen LogP contribution is 2.42. The molecule has 0 amide bonds. The van der Waals surface area contributed by atoms with E-state index in [1.54, 1.807) is 22.1 Å². The maximum atomic E-state index is 13.9. The largest absolute Gasteiger partial charge is 0.378 e. The molecule has 2 heterocycles. The molecule has 0 saturated carbocycles. The van der Waals surface area contributed by atoms with E-state index < -0.39 is 0 Å². The van der Waals surface area contributed by atoms with Gasteiger partial charge < -0.3 is 4.90 Å². The van der Waals surface area contributed by atoms with E-state index >= 15 is 0 Å². The van der Waals surface area contributed by atoms with Gasteiger partial charge in [-0.05, 0) is 66.0 Å². The highest BCUT2D eigenvalue weighted by Gasteiger charge is 2.32. The number of rotatable bonds is 5. The van der Waals surface area contributed by atoms with E-state index in [2.05, 4.69) is 36.2 Å². The lowest BCUT2D eigenvalue weighted by atomic mass is 9.72. The van der Waals surface area contributed by atoms with E-state index in [-0.39, 0.29) is 11.0 Å². The van der Waals surface area contributed by atoms with Gasteiger partial charge >= 0.3 is 0 Å². The molecule has 1 N–H and O–H groups in total. The lowest BCUT2D eigenvalue weighted by Gasteiger charge is -2.33. The number of hydrogen-bond donors (Lipinski definition) is 1. The third-order valence-corrected chi connectivity index (χ3v) is 8.26. The van der Waals surface area contributed by atoms with E-state index in [1.807, 2.05) is 68.7 Å². The van der Waals surface area contributed by atoms with Gasteiger partial charge in [-0.15, -0.1) is 11.3 Å². The second-order valence-corrected chi connectivity index (χ2v) is 11.8. The van der Waals surface area contributed by atoms with Gasteiger partial charge in [0, 0.05) is 24.7 Å². The maximum absolute atomic E-state index is 13.9. The number of hydrogen-bond acceptors (Lipinski definition) is 6. The molecule has 7 heteroatoms. The average molecular weight is 500 g/mol. The summed E-state index contributed by atoms with van der Waals surface area (Å²) in [6.45, 7) is 6.93. The van der Waals surface area contributed by atoms with Crippen LogP contribution in [0.2, 0.25) is 0 Å². The van der Waals surface area contributed by atoms with Crippen LogP contribution in [0.15, 0.2) is 64.5 Å². The van der Waals surface area contributed by atoms with Gasteiger partial charge in [-0.1, -0.05) is 51.1 Å². The molecule has 5 rings (SSSR count). The van der Waals surface area contributed by atoms with Gasteiger partial charge in [0.2, 0.25) is 5.95 Å². The van der Waals surface area contributed by atoms with Crippen molar-refractivity contribution < 1.29 is 0 Å². The molecular weight excluding hydrogens is 466 g/mol. The number of aryl methyl sites for hydroxylation is 1. The lowest BCUT2D eigenvalue weighted by Crippen LogP contribution is -2.27. The summed E-state index contributed by atoms with van der Waals surface area (Å²) < 4.78 is 1.65. The highest BCUT2D eigenvalue weighted by atomic mass is 32.1. The number of hydrazone groups is 1. The number of benzene rings is 2. The van der Waals surface area contributed by atoms with E-state index in [1.165, 1.54) is 10.4 Å². The first-order valence-corrected chi connectivity index (χ1v) is 13.2. The van der Waals surface area contributed by atoms with Crippen LogP contribution < -0.4 is 15.9 Å². The minimum absolute atomic E-state index is 0.0362. The second-order valence-electron chi connectivity index (χ2n) is 10.8. The van der Waals surface area contributed by atoms with Gasteiger partial charge in [0.25, 0.3) is 5.56 Å². The summed E-state index contributed by atoms with van der Waals surface area (Å²) in [4.78, 5) is 23.0. The fourth-order valence-corrected chi connectivity index (χ4v) is 6.17. The minimum atomic E-state index is -0.0362. The maximum Gasteiger partial charge on any atom is 0.268 e. The van der Waals surface area contributed by atoms with Crippen molar-refractivity contribution in [2.75, 3.05) is 24.4 Å². The molecule has 0 saturated heterocycles. The van der Waals surface area contributed by atoms with Gasteiger partial charge in [0.1, 0.15) is 4.83 Å². The molecule has 186 valence electrons. The summed E-state index contributed by atoms with van der Waals surface area (Å²) in [6.07, 6.45) is 4.79. The van der Waals surface area contributed by atoms with Crippen molar-refractivity contribution in [1.82, 2.24) is 9.55 Å². The number of nitrogens with one attached hydrogen (secondary N) is 1. The van der Waals surface area contributed by atoms with Crippen molar-refractivity contribution in [1.29, 1.82) is 0 Å². The molecule has 36 heavy (non-hydrogen) atoms. The summed E-state index contributed by atoms with van der Waals surface area (Å²) >= 11 is 1.66. The van der Waals surface area contributed by atoms with Crippen molar-refractivity contribution in [2.45, 2.75) is 40.0 Å². The van der Waals surface area contributed by atoms with Crippen LogP contribution in [0, 0.1) is 11.3 Å². The molecule has 6 nitrogen and oxygen atoms in total. The number of anilines is 2. The first-order valence-electron chi connectivity index (χ1n) is 12.4. The molecule has 0 aliphatic heterocycles. The van der Waals surface area contributed by atoms with Gasteiger partial charge in [-0.3, -0.25) is 4.79 Å². The Kier molecular flexibility index (Phi) is 6.43. The van der Waals surface area contributed by atoms with Crippen LogP contribution in [-0.4, -0.2) is 29.9 Å². The van der Waals surface area contributed by atoms with Gasteiger partial charge in [0.05, 0.1) is 17.3 Å². The Morgan fingerprint density at radius 1 is 1.11 bits per heavy atom. The molecule has 0 unspecified atom stereocenters. The number of nitrogens with zero attached hydrogens (tertiary/aromatic N) is 4. The monoisotopic (exact) mass is 499 g/mol. The lowest BCUT2D eigenvalue weighted by molar-refractivity contribution is 0.218. The number of fused-ring (bicyclic) bond motifs is 3. The summed E-state index contributed by atoms with van der Waals surface area (Å²) in [5.74, 6) is 1.03. The summed E-state index contributed by atoms with van der Waals surface area (Å²) in [7, 11) is 4.03. The molecular formula is C29H33N5OS. The molecule has 2 aromatic heterocycles. The Morgan fingerprint density at radius 2 is 1.83 bits per heavy atom. The third-order valence-electron chi connectivity index (χ3n) is 7.11. The Labute approximate surface area is 216 Å². The van der Waals surface area contributed by atoms with E-state index in [9.17, 15) is 4.79 Å². The Hall–Kier alpha value is -3.45. The molecule has 0 bridgehead atoms. The van der Waals surface area contributed by atoms with Crippen LogP contribution >= 0.6 is 11.3 Å². The molecule has 4 aromatic rings. The highest BCUT2D eigenvalue weighted by molar-refractivity contribution is 7.18. The zero-order valence-corrected chi connectivity index (χ0v) is 22.4. The predicted molar refractivity (Wildman–Crippen MR) is 152 cm³/mol. The number of para-hydroxylation sites is 1. The summed E-state index contributed by atoms with van der Waals surface area (Å²) in [5, 5.41) is 5.20. The van der Waals surface area contributed by atoms with E-state index in [0.717, 1.165) is 46.4 Å². The predicted octanol–water partition coefficient (Wildman–Crippen LogP) is 6.11. The zero-order valence-electron chi connectivity index (χ0n) is 21.6. The standard InChI is InChI=1S/C29H33N5OS/c1-29(2,3)20-13-16-23-24(17-20)36-26-25(23)27(35)34(22-9-7-6-8-10-22)28(31-26)32-30-18-19-11-14-21(15-12-19)33(4)5/h6-12,14-15,18,20H,13,16-17H2,1-5H3,(H,31,32)/t20-/m0/s1. The van der Waals surface area contributed by atoms with Crippen molar-refractivity contribution in [3.63, 3.8) is 0 Å². The molecule has 1 aliphatic rings. The van der Waals surface area contributed by atoms with Gasteiger partial charge in [-0.2, -0.15) is 5.10 Å². The molecule has 2 aromatic carbocycles.